The molecule has 3 aromatic rings. The monoisotopic (exact) mass is 313 g/mol. The maximum absolute atomic E-state index is 5.41. The van der Waals surface area contributed by atoms with Gasteiger partial charge in [-0.15, -0.1) is 0 Å². The van der Waals surface area contributed by atoms with Crippen molar-refractivity contribution in [1.29, 1.82) is 0 Å². The molecule has 0 atom stereocenters. The molecule has 0 saturated heterocycles. The molecule has 0 spiro atoms. The molecule has 0 unspecified atom stereocenters. The van der Waals surface area contributed by atoms with Gasteiger partial charge in [0.15, 0.2) is 0 Å². The fourth-order valence-electron chi connectivity index (χ4n) is 2.34. The summed E-state index contributed by atoms with van der Waals surface area (Å²) in [6.07, 6.45) is 4.19. The van der Waals surface area contributed by atoms with Crippen LogP contribution >= 0.6 is 0 Å². The lowest BCUT2D eigenvalue weighted by atomic mass is 10.1. The molecule has 0 aliphatic rings. The Balaban J connectivity index is 1.77. The maximum Gasteiger partial charge on any atom is 0.220 e. The average Bonchev–Trinajstić information content (AvgIpc) is 2.67. The van der Waals surface area contributed by atoms with Gasteiger partial charge in [0.1, 0.15) is 0 Å². The number of nitrogens with zero attached hydrogens (tertiary/aromatic N) is 1. The number of rotatable bonds is 4. The number of methoxy groups -OCH3 is 1. The van der Waals surface area contributed by atoms with E-state index in [1.54, 1.807) is 7.11 Å². The second-order valence-electron chi connectivity index (χ2n) is 5.32. The zero-order valence-electron chi connectivity index (χ0n) is 13.6. The Morgan fingerprint density at radius 3 is 1.83 bits per heavy atom. The van der Waals surface area contributed by atoms with Gasteiger partial charge in [-0.2, -0.15) is 0 Å². The number of ether oxygens (including phenoxy) is 1. The first-order valence-electron chi connectivity index (χ1n) is 7.86. The molecule has 2 heteroatoms. The summed E-state index contributed by atoms with van der Waals surface area (Å²) in [5, 5.41) is 0. The van der Waals surface area contributed by atoms with E-state index in [4.69, 9.17) is 4.74 Å². The van der Waals surface area contributed by atoms with Gasteiger partial charge in [0.05, 0.1) is 12.8 Å². The van der Waals surface area contributed by atoms with Gasteiger partial charge in [0.2, 0.25) is 5.90 Å². The van der Waals surface area contributed by atoms with Gasteiger partial charge >= 0.3 is 0 Å². The smallest absolute Gasteiger partial charge is 0.220 e. The predicted molar refractivity (Wildman–Crippen MR) is 101 cm³/mol. The van der Waals surface area contributed by atoms with Crippen molar-refractivity contribution in [1.82, 2.24) is 0 Å². The summed E-state index contributed by atoms with van der Waals surface area (Å²) in [5.74, 6) is 0.614. The Bertz CT molecular complexity index is 819. The van der Waals surface area contributed by atoms with Crippen molar-refractivity contribution < 1.29 is 4.74 Å². The Hall–Kier alpha value is -3.13. The molecule has 0 heterocycles. The van der Waals surface area contributed by atoms with Crippen LogP contribution in [0.1, 0.15) is 16.7 Å². The molecule has 0 N–H and O–H groups in total. The van der Waals surface area contributed by atoms with Gasteiger partial charge in [-0.1, -0.05) is 72.8 Å². The third kappa shape index (κ3) is 4.20. The van der Waals surface area contributed by atoms with Crippen LogP contribution in [0.5, 0.6) is 0 Å². The molecule has 0 aromatic heterocycles. The molecular formula is C22H19NO. The topological polar surface area (TPSA) is 21.6 Å². The molecule has 3 rings (SSSR count). The van der Waals surface area contributed by atoms with Crippen LogP contribution in [-0.2, 0) is 4.74 Å². The quantitative estimate of drug-likeness (QED) is 0.350. The normalized spacial score (nSPS) is 11.6. The van der Waals surface area contributed by atoms with Crippen molar-refractivity contribution in [2.75, 3.05) is 7.11 Å². The number of hydrogen-bond donors (Lipinski definition) is 0. The van der Waals surface area contributed by atoms with Crippen LogP contribution in [0, 0.1) is 0 Å². The van der Waals surface area contributed by atoms with Crippen LogP contribution in [0.3, 0.4) is 0 Å². The van der Waals surface area contributed by atoms with Crippen LogP contribution in [0.25, 0.3) is 12.2 Å². The fraction of sp³-hybridized carbons (Fsp3) is 0.0455. The Morgan fingerprint density at radius 1 is 0.708 bits per heavy atom. The van der Waals surface area contributed by atoms with Gasteiger partial charge in [-0.25, -0.2) is 4.99 Å². The summed E-state index contributed by atoms with van der Waals surface area (Å²) >= 11 is 0. The predicted octanol–water partition coefficient (Wildman–Crippen LogP) is 5.58. The highest BCUT2D eigenvalue weighted by molar-refractivity contribution is 5.95. The largest absolute Gasteiger partial charge is 0.481 e. The van der Waals surface area contributed by atoms with E-state index in [1.165, 1.54) is 5.56 Å². The number of hydrogen-bond acceptors (Lipinski definition) is 2. The van der Waals surface area contributed by atoms with Crippen molar-refractivity contribution >= 4 is 23.7 Å². The minimum Gasteiger partial charge on any atom is -0.481 e. The van der Waals surface area contributed by atoms with Crippen molar-refractivity contribution in [3.8, 4) is 0 Å². The van der Waals surface area contributed by atoms with Gasteiger partial charge in [-0.05, 0) is 35.4 Å². The molecule has 0 aliphatic carbocycles. The maximum atomic E-state index is 5.41. The second kappa shape index (κ2) is 7.93. The summed E-state index contributed by atoms with van der Waals surface area (Å²) in [4.78, 5) is 4.58. The second-order valence-corrected chi connectivity index (χ2v) is 5.32. The van der Waals surface area contributed by atoms with Crippen LogP contribution in [0.15, 0.2) is 89.9 Å². The Kier molecular flexibility index (Phi) is 5.21. The van der Waals surface area contributed by atoms with E-state index in [2.05, 4.69) is 41.4 Å². The summed E-state index contributed by atoms with van der Waals surface area (Å²) in [5.41, 5.74) is 4.16. The van der Waals surface area contributed by atoms with Crippen LogP contribution < -0.4 is 0 Å². The van der Waals surface area contributed by atoms with Crippen molar-refractivity contribution in [2.45, 2.75) is 0 Å². The zero-order valence-corrected chi connectivity index (χ0v) is 13.6. The molecule has 0 aliphatic heterocycles. The van der Waals surface area contributed by atoms with Gasteiger partial charge in [-0.3, -0.25) is 0 Å². The fourth-order valence-corrected chi connectivity index (χ4v) is 2.34. The third-order valence-electron chi connectivity index (χ3n) is 3.61. The molecule has 0 saturated carbocycles. The lowest BCUT2D eigenvalue weighted by molar-refractivity contribution is 0.405. The first-order chi connectivity index (χ1) is 11.8. The lowest BCUT2D eigenvalue weighted by Crippen LogP contribution is -2.02. The van der Waals surface area contributed by atoms with Gasteiger partial charge in [0, 0.05) is 5.56 Å². The molecule has 3 aromatic carbocycles. The highest BCUT2D eigenvalue weighted by atomic mass is 16.5. The highest BCUT2D eigenvalue weighted by Gasteiger charge is 2.02. The molecule has 0 radical (unpaired) electrons. The molecule has 24 heavy (non-hydrogen) atoms. The van der Waals surface area contributed by atoms with E-state index in [-0.39, 0.29) is 0 Å². The molecular weight excluding hydrogens is 294 g/mol. The summed E-state index contributed by atoms with van der Waals surface area (Å²) in [7, 11) is 1.64. The zero-order chi connectivity index (χ0) is 16.6. The van der Waals surface area contributed by atoms with E-state index in [1.807, 2.05) is 60.7 Å². The van der Waals surface area contributed by atoms with Crippen LogP contribution in [0.2, 0.25) is 0 Å². The molecule has 0 fully saturated rings. The van der Waals surface area contributed by atoms with E-state index < -0.39 is 0 Å². The van der Waals surface area contributed by atoms with Gasteiger partial charge in [0.25, 0.3) is 0 Å². The number of aliphatic imine (C=N–C) groups is 1. The summed E-state index contributed by atoms with van der Waals surface area (Å²) < 4.78 is 5.41. The number of benzene rings is 3. The van der Waals surface area contributed by atoms with Crippen molar-refractivity contribution in [2.24, 2.45) is 4.99 Å². The summed E-state index contributed by atoms with van der Waals surface area (Å²) in [6.45, 7) is 0. The van der Waals surface area contributed by atoms with Gasteiger partial charge < -0.3 is 4.74 Å². The van der Waals surface area contributed by atoms with Crippen LogP contribution in [0.4, 0.5) is 5.69 Å². The summed E-state index contributed by atoms with van der Waals surface area (Å²) in [6, 6.07) is 28.2. The molecule has 0 amide bonds. The standard InChI is InChI=1S/C22H19NO/c1-24-22(20-10-6-3-7-11-20)23-21-16-14-19(15-17-21)13-12-18-8-4-2-5-9-18/h2-17H,1H3/b13-12+,23-22?. The Morgan fingerprint density at radius 2 is 1.25 bits per heavy atom. The third-order valence-corrected chi connectivity index (χ3v) is 3.61. The first-order valence-corrected chi connectivity index (χ1v) is 7.86. The van der Waals surface area contributed by atoms with Crippen LogP contribution in [-0.4, -0.2) is 13.0 Å². The molecule has 0 bridgehead atoms. The van der Waals surface area contributed by atoms with E-state index in [9.17, 15) is 0 Å². The first kappa shape index (κ1) is 15.8. The van der Waals surface area contributed by atoms with E-state index in [0.717, 1.165) is 16.8 Å². The van der Waals surface area contributed by atoms with Crippen molar-refractivity contribution in [3.63, 3.8) is 0 Å². The lowest BCUT2D eigenvalue weighted by Gasteiger charge is -2.05. The highest BCUT2D eigenvalue weighted by Crippen LogP contribution is 2.17. The average molecular weight is 313 g/mol. The van der Waals surface area contributed by atoms with Crippen molar-refractivity contribution in [3.05, 3.63) is 102 Å². The van der Waals surface area contributed by atoms with E-state index in [0.29, 0.717) is 5.90 Å². The van der Waals surface area contributed by atoms with E-state index >= 15 is 0 Å². The molecule has 118 valence electrons. The minimum absolute atomic E-state index is 0.614. The Labute approximate surface area is 142 Å². The molecule has 2 nitrogen and oxygen atoms in total. The minimum atomic E-state index is 0.614. The SMILES string of the molecule is COC(=Nc1ccc(/C=C/c2ccccc2)cc1)c1ccccc1.